The van der Waals surface area contributed by atoms with E-state index in [9.17, 15) is 14.7 Å². The van der Waals surface area contributed by atoms with E-state index in [0.717, 1.165) is 17.2 Å². The summed E-state index contributed by atoms with van der Waals surface area (Å²) in [5, 5.41) is 13.2. The number of anilines is 1. The largest absolute Gasteiger partial charge is 0.375 e. The van der Waals surface area contributed by atoms with Crippen molar-refractivity contribution in [3.8, 4) is 0 Å². The maximum atomic E-state index is 13.0. The van der Waals surface area contributed by atoms with Gasteiger partial charge in [0.1, 0.15) is 0 Å². The molecule has 0 bridgehead atoms. The minimum absolute atomic E-state index is 0.246. The second-order valence-electron chi connectivity index (χ2n) is 7.00. The first-order valence-corrected chi connectivity index (χ1v) is 9.20. The molecule has 0 radical (unpaired) electrons. The van der Waals surface area contributed by atoms with E-state index in [2.05, 4.69) is 0 Å². The molecule has 4 rings (SSSR count). The highest BCUT2D eigenvalue weighted by Gasteiger charge is 2.50. The molecule has 0 aliphatic carbocycles. The topological polar surface area (TPSA) is 57.6 Å². The van der Waals surface area contributed by atoms with Crippen LogP contribution in [-0.4, -0.2) is 23.3 Å². The fraction of sp³-hybridized carbons (Fsp3) is 0.217. The molecule has 1 N–H and O–H groups in total. The lowest BCUT2D eigenvalue weighted by Crippen LogP contribution is -2.42. The minimum atomic E-state index is -1.81. The van der Waals surface area contributed by atoms with E-state index >= 15 is 0 Å². The third kappa shape index (κ3) is 2.82. The van der Waals surface area contributed by atoms with E-state index in [-0.39, 0.29) is 12.2 Å². The fourth-order valence-corrected chi connectivity index (χ4v) is 3.82. The highest BCUT2D eigenvalue weighted by Crippen LogP contribution is 2.42. The van der Waals surface area contributed by atoms with Crippen LogP contribution in [0.2, 0.25) is 0 Å². The number of fused-ring (bicyclic) bond motifs is 2. The quantitative estimate of drug-likeness (QED) is 0.699. The molecule has 4 nitrogen and oxygen atoms in total. The van der Waals surface area contributed by atoms with Crippen molar-refractivity contribution >= 4 is 28.2 Å². The monoisotopic (exact) mass is 359 g/mol. The number of carbonyl (C=O) groups is 2. The van der Waals surface area contributed by atoms with Crippen molar-refractivity contribution in [1.29, 1.82) is 0 Å². The molecule has 27 heavy (non-hydrogen) atoms. The van der Waals surface area contributed by atoms with E-state index in [1.807, 2.05) is 55.5 Å². The van der Waals surface area contributed by atoms with E-state index in [4.69, 9.17) is 0 Å². The molecule has 3 aromatic carbocycles. The normalized spacial score (nSPS) is 18.7. The zero-order valence-electron chi connectivity index (χ0n) is 15.2. The Morgan fingerprint density at radius 1 is 1.00 bits per heavy atom. The highest BCUT2D eigenvalue weighted by molar-refractivity contribution is 6.11. The molecule has 0 saturated carbocycles. The number of hydrogen-bond acceptors (Lipinski definition) is 3. The van der Waals surface area contributed by atoms with Crippen molar-refractivity contribution in [2.45, 2.75) is 25.4 Å². The Balaban J connectivity index is 1.69. The first kappa shape index (κ1) is 17.4. The van der Waals surface area contributed by atoms with Crippen molar-refractivity contribution < 1.29 is 14.7 Å². The van der Waals surface area contributed by atoms with Gasteiger partial charge in [-0.15, -0.1) is 0 Å². The van der Waals surface area contributed by atoms with Gasteiger partial charge in [0.25, 0.3) is 5.91 Å². The molecular weight excluding hydrogens is 338 g/mol. The van der Waals surface area contributed by atoms with E-state index < -0.39 is 11.5 Å². The van der Waals surface area contributed by atoms with Gasteiger partial charge in [0.15, 0.2) is 11.4 Å². The zero-order valence-corrected chi connectivity index (χ0v) is 15.2. The van der Waals surface area contributed by atoms with Crippen molar-refractivity contribution in [1.82, 2.24) is 0 Å². The fourth-order valence-electron chi connectivity index (χ4n) is 3.82. The number of benzene rings is 3. The van der Waals surface area contributed by atoms with Crippen LogP contribution in [0.3, 0.4) is 0 Å². The van der Waals surface area contributed by atoms with Gasteiger partial charge in [0, 0.05) is 17.7 Å². The minimum Gasteiger partial charge on any atom is -0.375 e. The number of ketones is 1. The number of aliphatic hydroxyl groups is 1. The maximum absolute atomic E-state index is 13.0. The average Bonchev–Trinajstić information content (AvgIpc) is 2.90. The summed E-state index contributed by atoms with van der Waals surface area (Å²) in [7, 11) is 0. The van der Waals surface area contributed by atoms with Crippen molar-refractivity contribution in [3.05, 3.63) is 77.9 Å². The average molecular weight is 359 g/mol. The maximum Gasteiger partial charge on any atom is 0.264 e. The summed E-state index contributed by atoms with van der Waals surface area (Å²) >= 11 is 0. The predicted molar refractivity (Wildman–Crippen MR) is 106 cm³/mol. The highest BCUT2D eigenvalue weighted by atomic mass is 16.3. The first-order chi connectivity index (χ1) is 13.0. The molecule has 1 amide bonds. The van der Waals surface area contributed by atoms with Crippen LogP contribution in [0.15, 0.2) is 66.7 Å². The van der Waals surface area contributed by atoms with Gasteiger partial charge in [0.2, 0.25) is 0 Å². The predicted octanol–water partition coefficient (Wildman–Crippen LogP) is 4.06. The lowest BCUT2D eigenvalue weighted by Gasteiger charge is -2.22. The summed E-state index contributed by atoms with van der Waals surface area (Å²) in [6.45, 7) is 2.50. The van der Waals surface area contributed by atoms with Gasteiger partial charge in [-0.25, -0.2) is 0 Å². The van der Waals surface area contributed by atoms with E-state index in [0.29, 0.717) is 23.4 Å². The Bertz CT molecular complexity index is 1040. The van der Waals surface area contributed by atoms with Crippen LogP contribution in [0.5, 0.6) is 0 Å². The Morgan fingerprint density at radius 2 is 1.70 bits per heavy atom. The first-order valence-electron chi connectivity index (χ1n) is 9.20. The number of amides is 1. The SMILES string of the molecule is CCCN1C(=O)[C@](O)(CC(=O)c2ccc3ccccc3c2)c2ccccc21. The molecule has 0 saturated heterocycles. The van der Waals surface area contributed by atoms with Crippen LogP contribution in [0, 0.1) is 0 Å². The Labute approximate surface area is 158 Å². The smallest absolute Gasteiger partial charge is 0.264 e. The third-order valence-corrected chi connectivity index (χ3v) is 5.17. The summed E-state index contributed by atoms with van der Waals surface area (Å²) in [6.07, 6.45) is 0.510. The second-order valence-corrected chi connectivity index (χ2v) is 7.00. The summed E-state index contributed by atoms with van der Waals surface area (Å²) < 4.78 is 0. The lowest BCUT2D eigenvalue weighted by molar-refractivity contribution is -0.135. The zero-order chi connectivity index (χ0) is 19.0. The Morgan fingerprint density at radius 3 is 2.48 bits per heavy atom. The van der Waals surface area contributed by atoms with Crippen LogP contribution < -0.4 is 4.90 Å². The van der Waals surface area contributed by atoms with Gasteiger partial charge in [-0.05, 0) is 29.3 Å². The molecule has 0 fully saturated rings. The Kier molecular flexibility index (Phi) is 4.28. The van der Waals surface area contributed by atoms with Crippen LogP contribution >= 0.6 is 0 Å². The van der Waals surface area contributed by atoms with Crippen molar-refractivity contribution in [3.63, 3.8) is 0 Å². The molecular formula is C23H21NO3. The molecule has 0 aromatic heterocycles. The van der Waals surface area contributed by atoms with Crippen molar-refractivity contribution in [2.24, 2.45) is 0 Å². The number of para-hydroxylation sites is 1. The van der Waals surface area contributed by atoms with Gasteiger partial charge in [-0.2, -0.15) is 0 Å². The number of rotatable bonds is 5. The Hall–Kier alpha value is -2.98. The molecule has 0 spiro atoms. The van der Waals surface area contributed by atoms with Crippen LogP contribution in [0.4, 0.5) is 5.69 Å². The van der Waals surface area contributed by atoms with Gasteiger partial charge in [0.05, 0.1) is 12.1 Å². The van der Waals surface area contributed by atoms with Gasteiger partial charge >= 0.3 is 0 Å². The lowest BCUT2D eigenvalue weighted by atomic mass is 9.88. The molecule has 0 unspecified atom stereocenters. The third-order valence-electron chi connectivity index (χ3n) is 5.17. The molecule has 3 aromatic rings. The van der Waals surface area contributed by atoms with Crippen LogP contribution in [0.25, 0.3) is 10.8 Å². The molecule has 1 aliphatic heterocycles. The van der Waals surface area contributed by atoms with E-state index in [1.54, 1.807) is 23.1 Å². The molecule has 1 heterocycles. The summed E-state index contributed by atoms with van der Waals surface area (Å²) in [5.74, 6) is -0.663. The van der Waals surface area contributed by atoms with E-state index in [1.165, 1.54) is 0 Å². The number of nitrogens with zero attached hydrogens (tertiary/aromatic N) is 1. The van der Waals surface area contributed by atoms with Gasteiger partial charge in [-0.1, -0.05) is 61.5 Å². The summed E-state index contributed by atoms with van der Waals surface area (Å²) in [6, 6.07) is 20.4. The molecule has 4 heteroatoms. The van der Waals surface area contributed by atoms with Crippen LogP contribution in [0.1, 0.15) is 35.7 Å². The summed E-state index contributed by atoms with van der Waals surface area (Å²) in [4.78, 5) is 27.5. The second kappa shape index (κ2) is 6.63. The molecule has 136 valence electrons. The summed E-state index contributed by atoms with van der Waals surface area (Å²) in [5.41, 5.74) is -0.105. The van der Waals surface area contributed by atoms with Crippen LogP contribution in [-0.2, 0) is 10.4 Å². The molecule has 1 atom stereocenters. The van der Waals surface area contributed by atoms with Gasteiger partial charge < -0.3 is 10.0 Å². The standard InChI is InChI=1S/C23H21NO3/c1-2-13-24-20-10-6-5-9-19(20)23(27,22(24)26)15-21(25)18-12-11-16-7-3-4-8-17(16)14-18/h3-12,14,27H,2,13,15H2,1H3/t23-/m0/s1. The number of Topliss-reactive ketones (excluding diaryl/α,β-unsaturated/α-hetero) is 1. The number of carbonyl (C=O) groups excluding carboxylic acids is 2. The van der Waals surface area contributed by atoms with Crippen molar-refractivity contribution in [2.75, 3.05) is 11.4 Å². The molecule has 1 aliphatic rings. The number of hydrogen-bond donors (Lipinski definition) is 1. The van der Waals surface area contributed by atoms with Gasteiger partial charge in [-0.3, -0.25) is 9.59 Å².